The second kappa shape index (κ2) is 10.7. The molecule has 0 bridgehead atoms. The summed E-state index contributed by atoms with van der Waals surface area (Å²) < 4.78 is 0. The summed E-state index contributed by atoms with van der Waals surface area (Å²) in [4.78, 5) is 0. The SMILES string of the molecule is C=CCCCC#CCCSCC. The van der Waals surface area contributed by atoms with E-state index in [1.165, 1.54) is 11.5 Å². The third kappa shape index (κ3) is 9.65. The Hall–Kier alpha value is -0.350. The number of hydrogen-bond acceptors (Lipinski definition) is 1. The summed E-state index contributed by atoms with van der Waals surface area (Å²) >= 11 is 1.96. The maximum atomic E-state index is 3.67. The Kier molecular flexibility index (Phi) is 10.3. The van der Waals surface area contributed by atoms with Gasteiger partial charge >= 0.3 is 0 Å². The van der Waals surface area contributed by atoms with Crippen LogP contribution in [0.1, 0.15) is 32.6 Å². The fourth-order valence-corrected chi connectivity index (χ4v) is 1.31. The number of hydrogen-bond donors (Lipinski definition) is 0. The van der Waals surface area contributed by atoms with Gasteiger partial charge in [-0.25, -0.2) is 0 Å². The molecule has 12 heavy (non-hydrogen) atoms. The molecule has 0 aliphatic rings. The van der Waals surface area contributed by atoms with E-state index in [1.54, 1.807) is 0 Å². The summed E-state index contributed by atoms with van der Waals surface area (Å²) in [6, 6.07) is 0. The molecule has 0 rings (SSSR count). The van der Waals surface area contributed by atoms with Crippen LogP contribution in [0.25, 0.3) is 0 Å². The standard InChI is InChI=1S/C11H18S/c1-3-5-6-7-8-9-10-11-12-4-2/h3H,1,4-7,10-11H2,2H3. The molecule has 0 saturated heterocycles. The normalized spacial score (nSPS) is 8.75. The molecule has 0 aliphatic heterocycles. The quantitative estimate of drug-likeness (QED) is 0.344. The zero-order valence-electron chi connectivity index (χ0n) is 7.94. The average Bonchev–Trinajstić information content (AvgIpc) is 2.10. The van der Waals surface area contributed by atoms with Gasteiger partial charge in [0.2, 0.25) is 0 Å². The molecule has 68 valence electrons. The van der Waals surface area contributed by atoms with Crippen LogP contribution < -0.4 is 0 Å². The van der Waals surface area contributed by atoms with E-state index in [0.717, 1.165) is 25.7 Å². The summed E-state index contributed by atoms with van der Waals surface area (Å²) in [7, 11) is 0. The number of rotatable bonds is 6. The first-order valence-corrected chi connectivity index (χ1v) is 5.71. The van der Waals surface area contributed by atoms with Gasteiger partial charge in [-0.3, -0.25) is 0 Å². The maximum absolute atomic E-state index is 3.67. The van der Waals surface area contributed by atoms with Crippen molar-refractivity contribution in [1.82, 2.24) is 0 Å². The van der Waals surface area contributed by atoms with Crippen molar-refractivity contribution in [3.05, 3.63) is 12.7 Å². The number of unbranched alkanes of at least 4 members (excludes halogenated alkanes) is 2. The molecule has 0 atom stereocenters. The van der Waals surface area contributed by atoms with Crippen LogP contribution in [0.3, 0.4) is 0 Å². The minimum absolute atomic E-state index is 1.03. The van der Waals surface area contributed by atoms with E-state index in [1.807, 2.05) is 17.8 Å². The van der Waals surface area contributed by atoms with Crippen molar-refractivity contribution in [1.29, 1.82) is 0 Å². The Morgan fingerprint density at radius 2 is 2.08 bits per heavy atom. The van der Waals surface area contributed by atoms with Crippen LogP contribution in [0.15, 0.2) is 12.7 Å². The number of allylic oxidation sites excluding steroid dienone is 1. The van der Waals surface area contributed by atoms with Gasteiger partial charge in [-0.05, 0) is 18.6 Å². The third-order valence-corrected chi connectivity index (χ3v) is 2.31. The van der Waals surface area contributed by atoms with Crippen molar-refractivity contribution in [2.45, 2.75) is 32.6 Å². The van der Waals surface area contributed by atoms with Crippen LogP contribution in [-0.4, -0.2) is 11.5 Å². The van der Waals surface area contributed by atoms with Crippen LogP contribution in [0, 0.1) is 11.8 Å². The van der Waals surface area contributed by atoms with Crippen molar-refractivity contribution in [3.63, 3.8) is 0 Å². The van der Waals surface area contributed by atoms with Crippen LogP contribution in [0.4, 0.5) is 0 Å². The molecular weight excluding hydrogens is 164 g/mol. The Labute approximate surface area is 80.8 Å². The lowest BCUT2D eigenvalue weighted by molar-refractivity contribution is 0.886. The fourth-order valence-electron chi connectivity index (χ4n) is 0.779. The summed E-state index contributed by atoms with van der Waals surface area (Å²) in [6.45, 7) is 5.85. The van der Waals surface area contributed by atoms with E-state index in [4.69, 9.17) is 0 Å². The molecule has 0 nitrogen and oxygen atoms in total. The molecule has 0 fully saturated rings. The largest absolute Gasteiger partial charge is 0.161 e. The predicted molar refractivity (Wildman–Crippen MR) is 59.4 cm³/mol. The van der Waals surface area contributed by atoms with E-state index in [9.17, 15) is 0 Å². The predicted octanol–water partition coefficient (Wildman–Crippen LogP) is 3.49. The zero-order valence-corrected chi connectivity index (χ0v) is 8.75. The summed E-state index contributed by atoms with van der Waals surface area (Å²) in [5.74, 6) is 8.73. The van der Waals surface area contributed by atoms with Gasteiger partial charge in [-0.1, -0.05) is 13.0 Å². The molecule has 0 radical (unpaired) electrons. The second-order valence-corrected chi connectivity index (χ2v) is 3.88. The average molecular weight is 182 g/mol. The lowest BCUT2D eigenvalue weighted by atomic mass is 10.2. The minimum atomic E-state index is 1.03. The number of thioether (sulfide) groups is 1. The molecule has 0 aliphatic carbocycles. The molecule has 0 spiro atoms. The van der Waals surface area contributed by atoms with Crippen molar-refractivity contribution in [2.75, 3.05) is 11.5 Å². The summed E-state index contributed by atoms with van der Waals surface area (Å²) in [5, 5.41) is 0. The Morgan fingerprint density at radius 3 is 2.75 bits per heavy atom. The first kappa shape index (κ1) is 11.6. The molecule has 0 amide bonds. The highest BCUT2D eigenvalue weighted by atomic mass is 32.2. The molecule has 0 aromatic carbocycles. The first-order valence-electron chi connectivity index (χ1n) is 4.56. The molecule has 0 saturated carbocycles. The van der Waals surface area contributed by atoms with Crippen LogP contribution in [0.5, 0.6) is 0 Å². The minimum Gasteiger partial charge on any atom is -0.161 e. The summed E-state index contributed by atoms with van der Waals surface area (Å²) in [6.07, 6.45) is 6.29. The van der Waals surface area contributed by atoms with Gasteiger partial charge in [0.1, 0.15) is 0 Å². The molecule has 1 heteroatoms. The molecular formula is C11H18S. The van der Waals surface area contributed by atoms with E-state index < -0.39 is 0 Å². The van der Waals surface area contributed by atoms with E-state index in [-0.39, 0.29) is 0 Å². The highest BCUT2D eigenvalue weighted by molar-refractivity contribution is 7.99. The lowest BCUT2D eigenvalue weighted by Crippen LogP contribution is -1.76. The van der Waals surface area contributed by atoms with E-state index in [0.29, 0.717) is 0 Å². The van der Waals surface area contributed by atoms with Gasteiger partial charge in [0.05, 0.1) is 0 Å². The van der Waals surface area contributed by atoms with Gasteiger partial charge in [-0.2, -0.15) is 11.8 Å². The molecule has 0 aromatic rings. The van der Waals surface area contributed by atoms with Crippen molar-refractivity contribution in [3.8, 4) is 11.8 Å². The topological polar surface area (TPSA) is 0 Å². The van der Waals surface area contributed by atoms with Crippen LogP contribution >= 0.6 is 11.8 Å². The third-order valence-electron chi connectivity index (χ3n) is 1.41. The van der Waals surface area contributed by atoms with Gasteiger partial charge in [0, 0.05) is 18.6 Å². The lowest BCUT2D eigenvalue weighted by Gasteiger charge is -1.89. The zero-order chi connectivity index (χ0) is 9.07. The van der Waals surface area contributed by atoms with Crippen LogP contribution in [0.2, 0.25) is 0 Å². The fraction of sp³-hybridized carbons (Fsp3) is 0.636. The maximum Gasteiger partial charge on any atom is 0.0180 e. The van der Waals surface area contributed by atoms with Crippen molar-refractivity contribution >= 4 is 11.8 Å². The van der Waals surface area contributed by atoms with E-state index >= 15 is 0 Å². The monoisotopic (exact) mass is 182 g/mol. The first-order chi connectivity index (χ1) is 5.91. The van der Waals surface area contributed by atoms with Crippen LogP contribution in [-0.2, 0) is 0 Å². The highest BCUT2D eigenvalue weighted by Gasteiger charge is 1.81. The molecule has 0 unspecified atom stereocenters. The van der Waals surface area contributed by atoms with Gasteiger partial charge in [0.25, 0.3) is 0 Å². The van der Waals surface area contributed by atoms with Gasteiger partial charge in [0.15, 0.2) is 0 Å². The van der Waals surface area contributed by atoms with Crippen molar-refractivity contribution < 1.29 is 0 Å². The second-order valence-electron chi connectivity index (χ2n) is 2.48. The van der Waals surface area contributed by atoms with Crippen molar-refractivity contribution in [2.24, 2.45) is 0 Å². The van der Waals surface area contributed by atoms with Gasteiger partial charge < -0.3 is 0 Å². The van der Waals surface area contributed by atoms with E-state index in [2.05, 4.69) is 25.3 Å². The molecule has 0 aromatic heterocycles. The smallest absolute Gasteiger partial charge is 0.0180 e. The Bertz CT molecular complexity index is 150. The Morgan fingerprint density at radius 1 is 1.33 bits per heavy atom. The Balaban J connectivity index is 3.06. The molecule has 0 heterocycles. The molecule has 0 N–H and O–H groups in total. The highest BCUT2D eigenvalue weighted by Crippen LogP contribution is 1.99. The summed E-state index contributed by atoms with van der Waals surface area (Å²) in [5.41, 5.74) is 0. The van der Waals surface area contributed by atoms with Gasteiger partial charge in [-0.15, -0.1) is 18.4 Å².